The summed E-state index contributed by atoms with van der Waals surface area (Å²) in [6.45, 7) is 0.472. The number of hydrogen-bond donors (Lipinski definition) is 1. The molecule has 17 heavy (non-hydrogen) atoms. The number of amides is 1. The molecule has 0 heterocycles. The molecular weight excluding hydrogens is 329 g/mol. The molecule has 1 aliphatic carbocycles. The molecule has 1 aliphatic rings. The molecule has 1 amide bonds. The molecule has 0 unspecified atom stereocenters. The maximum Gasteiger partial charge on any atom is 0.255 e. The highest BCUT2D eigenvalue weighted by atomic mass is 127. The molecule has 3 nitrogen and oxygen atoms in total. The third-order valence-corrected chi connectivity index (χ3v) is 4.16. The monoisotopic (exact) mass is 345 g/mol. The average molecular weight is 345 g/mol. The molecule has 0 aliphatic heterocycles. The predicted octanol–water partition coefficient (Wildman–Crippen LogP) is 2.28. The van der Waals surface area contributed by atoms with Gasteiger partial charge in [-0.2, -0.15) is 0 Å². The van der Waals surface area contributed by atoms with E-state index < -0.39 is 0 Å². The molecule has 0 spiro atoms. The van der Waals surface area contributed by atoms with Gasteiger partial charge < -0.3 is 10.0 Å². The Bertz CT molecular complexity index is 404. The summed E-state index contributed by atoms with van der Waals surface area (Å²) in [5, 5.41) is 9.07. The van der Waals surface area contributed by atoms with Gasteiger partial charge in [0.05, 0.1) is 12.2 Å². The van der Waals surface area contributed by atoms with E-state index in [1.165, 1.54) is 6.42 Å². The minimum atomic E-state index is 0.0334. The standard InChI is InChI=1S/C13H16INO2/c14-12-7-2-1-6-11(12)13(17)15(8-9-16)10-4-3-5-10/h1-2,6-7,10,16H,3-5,8-9H2. The van der Waals surface area contributed by atoms with Crippen molar-refractivity contribution in [1.29, 1.82) is 0 Å². The van der Waals surface area contributed by atoms with Gasteiger partial charge in [0, 0.05) is 16.2 Å². The van der Waals surface area contributed by atoms with E-state index in [1.807, 2.05) is 29.2 Å². The summed E-state index contributed by atoms with van der Waals surface area (Å²) in [4.78, 5) is 14.2. The van der Waals surface area contributed by atoms with E-state index in [4.69, 9.17) is 5.11 Å². The van der Waals surface area contributed by atoms with Crippen LogP contribution in [0.3, 0.4) is 0 Å². The van der Waals surface area contributed by atoms with Crippen LogP contribution in [0.25, 0.3) is 0 Å². The largest absolute Gasteiger partial charge is 0.395 e. The number of carbonyl (C=O) groups excluding carboxylic acids is 1. The van der Waals surface area contributed by atoms with Gasteiger partial charge in [0.1, 0.15) is 0 Å². The molecule has 92 valence electrons. The number of aliphatic hydroxyl groups excluding tert-OH is 1. The summed E-state index contributed by atoms with van der Waals surface area (Å²) in [5.74, 6) is 0.0498. The van der Waals surface area contributed by atoms with Crippen LogP contribution in [-0.4, -0.2) is 35.1 Å². The van der Waals surface area contributed by atoms with Gasteiger partial charge in [0.25, 0.3) is 5.91 Å². The number of halogens is 1. The van der Waals surface area contributed by atoms with Crippen molar-refractivity contribution in [3.63, 3.8) is 0 Å². The molecule has 1 N–H and O–H groups in total. The van der Waals surface area contributed by atoms with Crippen molar-refractivity contribution in [2.75, 3.05) is 13.2 Å². The molecule has 0 aromatic heterocycles. The molecule has 1 aromatic rings. The molecular formula is C13H16INO2. The first-order chi connectivity index (χ1) is 8.24. The molecule has 1 aromatic carbocycles. The molecule has 4 heteroatoms. The number of rotatable bonds is 4. The molecule has 0 radical (unpaired) electrons. The van der Waals surface area contributed by atoms with Crippen LogP contribution in [-0.2, 0) is 0 Å². The lowest BCUT2D eigenvalue weighted by atomic mass is 9.91. The van der Waals surface area contributed by atoms with Gasteiger partial charge in [-0.05, 0) is 54.0 Å². The number of nitrogens with zero attached hydrogens (tertiary/aromatic N) is 1. The first-order valence-corrected chi connectivity index (χ1v) is 6.98. The van der Waals surface area contributed by atoms with Gasteiger partial charge in [0.15, 0.2) is 0 Å². The van der Waals surface area contributed by atoms with Crippen LogP contribution in [0.15, 0.2) is 24.3 Å². The highest BCUT2D eigenvalue weighted by Crippen LogP contribution is 2.26. The lowest BCUT2D eigenvalue weighted by Crippen LogP contribution is -2.45. The van der Waals surface area contributed by atoms with Crippen LogP contribution >= 0.6 is 22.6 Å². The van der Waals surface area contributed by atoms with Crippen LogP contribution in [0, 0.1) is 3.57 Å². The number of carbonyl (C=O) groups is 1. The third kappa shape index (κ3) is 2.80. The number of aliphatic hydroxyl groups is 1. The summed E-state index contributed by atoms with van der Waals surface area (Å²) in [6, 6.07) is 7.93. The smallest absolute Gasteiger partial charge is 0.255 e. The van der Waals surface area contributed by atoms with E-state index in [2.05, 4.69) is 22.6 Å². The van der Waals surface area contributed by atoms with Crippen molar-refractivity contribution in [2.24, 2.45) is 0 Å². The van der Waals surface area contributed by atoms with E-state index in [9.17, 15) is 4.79 Å². The Labute approximate surface area is 115 Å². The van der Waals surface area contributed by atoms with Gasteiger partial charge in [-0.25, -0.2) is 0 Å². The summed E-state index contributed by atoms with van der Waals surface area (Å²) >= 11 is 2.18. The maximum atomic E-state index is 12.4. The fourth-order valence-electron chi connectivity index (χ4n) is 2.05. The van der Waals surface area contributed by atoms with E-state index in [1.54, 1.807) is 0 Å². The predicted molar refractivity (Wildman–Crippen MR) is 74.9 cm³/mol. The Morgan fingerprint density at radius 3 is 2.65 bits per heavy atom. The second-order valence-corrected chi connectivity index (χ2v) is 5.45. The van der Waals surface area contributed by atoms with Crippen molar-refractivity contribution >= 4 is 28.5 Å². The van der Waals surface area contributed by atoms with E-state index in [-0.39, 0.29) is 12.5 Å². The molecule has 0 saturated heterocycles. The molecule has 2 rings (SSSR count). The Morgan fingerprint density at radius 2 is 2.12 bits per heavy atom. The summed E-state index contributed by atoms with van der Waals surface area (Å²) in [5.41, 5.74) is 0.744. The minimum absolute atomic E-state index is 0.0334. The zero-order valence-electron chi connectivity index (χ0n) is 9.60. The second kappa shape index (κ2) is 5.82. The highest BCUT2D eigenvalue weighted by Gasteiger charge is 2.29. The minimum Gasteiger partial charge on any atom is -0.395 e. The number of benzene rings is 1. The quantitative estimate of drug-likeness (QED) is 0.851. The normalized spacial score (nSPS) is 15.4. The van der Waals surface area contributed by atoms with Gasteiger partial charge in [-0.1, -0.05) is 12.1 Å². The lowest BCUT2D eigenvalue weighted by Gasteiger charge is -2.37. The van der Waals surface area contributed by atoms with Crippen LogP contribution in [0.4, 0.5) is 0 Å². The first-order valence-electron chi connectivity index (χ1n) is 5.90. The van der Waals surface area contributed by atoms with Crippen molar-refractivity contribution in [2.45, 2.75) is 25.3 Å². The van der Waals surface area contributed by atoms with Gasteiger partial charge in [-0.3, -0.25) is 4.79 Å². The summed E-state index contributed by atoms with van der Waals surface area (Å²) < 4.78 is 0.970. The average Bonchev–Trinajstić information content (AvgIpc) is 2.26. The van der Waals surface area contributed by atoms with Crippen molar-refractivity contribution in [3.8, 4) is 0 Å². The third-order valence-electron chi connectivity index (χ3n) is 3.22. The first kappa shape index (κ1) is 12.8. The van der Waals surface area contributed by atoms with Gasteiger partial charge in [0.2, 0.25) is 0 Å². The Morgan fingerprint density at radius 1 is 1.41 bits per heavy atom. The Hall–Kier alpha value is -0.620. The lowest BCUT2D eigenvalue weighted by molar-refractivity contribution is 0.0525. The maximum absolute atomic E-state index is 12.4. The zero-order valence-corrected chi connectivity index (χ0v) is 11.8. The van der Waals surface area contributed by atoms with Gasteiger partial charge in [-0.15, -0.1) is 0 Å². The Kier molecular flexibility index (Phi) is 4.39. The Balaban J connectivity index is 2.18. The fraction of sp³-hybridized carbons (Fsp3) is 0.462. The van der Waals surface area contributed by atoms with Crippen LogP contribution < -0.4 is 0 Å². The fourth-order valence-corrected chi connectivity index (χ4v) is 2.66. The summed E-state index contributed by atoms with van der Waals surface area (Å²) in [7, 11) is 0. The van der Waals surface area contributed by atoms with E-state index >= 15 is 0 Å². The van der Waals surface area contributed by atoms with Crippen molar-refractivity contribution in [1.82, 2.24) is 4.90 Å². The summed E-state index contributed by atoms with van der Waals surface area (Å²) in [6.07, 6.45) is 3.32. The van der Waals surface area contributed by atoms with Crippen molar-refractivity contribution in [3.05, 3.63) is 33.4 Å². The van der Waals surface area contributed by atoms with Gasteiger partial charge >= 0.3 is 0 Å². The topological polar surface area (TPSA) is 40.5 Å². The number of hydrogen-bond acceptors (Lipinski definition) is 2. The molecule has 0 bridgehead atoms. The van der Waals surface area contributed by atoms with Crippen LogP contribution in [0.1, 0.15) is 29.6 Å². The van der Waals surface area contributed by atoms with Crippen LogP contribution in [0.2, 0.25) is 0 Å². The second-order valence-electron chi connectivity index (χ2n) is 4.29. The molecule has 1 fully saturated rings. The molecule has 1 saturated carbocycles. The van der Waals surface area contributed by atoms with E-state index in [0.29, 0.717) is 12.6 Å². The van der Waals surface area contributed by atoms with E-state index in [0.717, 1.165) is 22.0 Å². The van der Waals surface area contributed by atoms with Crippen molar-refractivity contribution < 1.29 is 9.90 Å². The van der Waals surface area contributed by atoms with Crippen LogP contribution in [0.5, 0.6) is 0 Å². The zero-order chi connectivity index (χ0) is 12.3. The highest BCUT2D eigenvalue weighted by molar-refractivity contribution is 14.1. The SMILES string of the molecule is O=C(c1ccccc1I)N(CCO)C1CCC1. The molecule has 0 atom stereocenters.